The number of rotatable bonds is 3. The second-order valence-electron chi connectivity index (χ2n) is 4.97. The van der Waals surface area contributed by atoms with Gasteiger partial charge >= 0.3 is 5.97 Å². The minimum atomic E-state index is -0.845. The predicted molar refractivity (Wildman–Crippen MR) is 60.5 cm³/mol. The van der Waals surface area contributed by atoms with E-state index in [0.29, 0.717) is 6.42 Å². The van der Waals surface area contributed by atoms with Crippen molar-refractivity contribution >= 4 is 18.4 Å². The summed E-state index contributed by atoms with van der Waals surface area (Å²) < 4.78 is 4.62. The standard InChI is InChI=1S/C10H21NO2.ClH/c1-9(2,3)6-7-10(4,11)8(12)13-5;/h6-7,11H2,1-5H3;1H. The number of ether oxygens (including phenoxy) is 1. The van der Waals surface area contributed by atoms with Crippen molar-refractivity contribution in [1.29, 1.82) is 0 Å². The van der Waals surface area contributed by atoms with Gasteiger partial charge < -0.3 is 10.5 Å². The second-order valence-corrected chi connectivity index (χ2v) is 4.97. The molecule has 0 aliphatic rings. The van der Waals surface area contributed by atoms with Crippen molar-refractivity contribution in [3.05, 3.63) is 0 Å². The number of hydrogen-bond donors (Lipinski definition) is 1. The van der Waals surface area contributed by atoms with Gasteiger partial charge in [-0.2, -0.15) is 0 Å². The van der Waals surface area contributed by atoms with E-state index in [0.717, 1.165) is 6.42 Å². The van der Waals surface area contributed by atoms with Crippen molar-refractivity contribution in [2.45, 2.75) is 46.1 Å². The maximum Gasteiger partial charge on any atom is 0.325 e. The summed E-state index contributed by atoms with van der Waals surface area (Å²) in [5.74, 6) is -0.336. The van der Waals surface area contributed by atoms with Crippen LogP contribution < -0.4 is 5.73 Å². The van der Waals surface area contributed by atoms with Gasteiger partial charge in [-0.25, -0.2) is 0 Å². The highest BCUT2D eigenvalue weighted by Gasteiger charge is 2.30. The Morgan fingerprint density at radius 1 is 1.21 bits per heavy atom. The van der Waals surface area contributed by atoms with Crippen LogP contribution >= 0.6 is 12.4 Å². The number of carbonyl (C=O) groups excluding carboxylic acids is 1. The molecule has 0 radical (unpaired) electrons. The van der Waals surface area contributed by atoms with Crippen LogP contribution in [0.3, 0.4) is 0 Å². The van der Waals surface area contributed by atoms with E-state index >= 15 is 0 Å². The zero-order valence-electron chi connectivity index (χ0n) is 9.72. The topological polar surface area (TPSA) is 52.3 Å². The second kappa shape index (κ2) is 5.56. The van der Waals surface area contributed by atoms with Crippen molar-refractivity contribution in [1.82, 2.24) is 0 Å². The first-order valence-electron chi connectivity index (χ1n) is 4.56. The molecule has 0 heterocycles. The Balaban J connectivity index is 0. The van der Waals surface area contributed by atoms with E-state index in [1.165, 1.54) is 7.11 Å². The van der Waals surface area contributed by atoms with Gasteiger partial charge in [-0.1, -0.05) is 20.8 Å². The summed E-state index contributed by atoms with van der Waals surface area (Å²) in [6, 6.07) is 0. The molecule has 0 aromatic rings. The molecular weight excluding hydrogens is 202 g/mol. The van der Waals surface area contributed by atoms with E-state index in [4.69, 9.17) is 5.73 Å². The molecule has 0 amide bonds. The summed E-state index contributed by atoms with van der Waals surface area (Å²) in [6.07, 6.45) is 1.57. The molecule has 86 valence electrons. The lowest BCUT2D eigenvalue weighted by Gasteiger charge is -2.26. The molecule has 1 unspecified atom stereocenters. The normalized spacial score (nSPS) is 15.3. The van der Waals surface area contributed by atoms with E-state index in [-0.39, 0.29) is 23.8 Å². The lowest BCUT2D eigenvalue weighted by atomic mass is 9.84. The average Bonchev–Trinajstić information content (AvgIpc) is 1.98. The van der Waals surface area contributed by atoms with Crippen molar-refractivity contribution in [2.24, 2.45) is 11.1 Å². The van der Waals surface area contributed by atoms with Crippen LogP contribution in [0.15, 0.2) is 0 Å². The first-order chi connectivity index (χ1) is 5.69. The number of hydrogen-bond acceptors (Lipinski definition) is 3. The molecule has 0 spiro atoms. The van der Waals surface area contributed by atoms with Crippen LogP contribution in [0.2, 0.25) is 0 Å². The van der Waals surface area contributed by atoms with Gasteiger partial charge in [0.25, 0.3) is 0 Å². The molecule has 0 rings (SSSR count). The van der Waals surface area contributed by atoms with E-state index < -0.39 is 5.54 Å². The highest BCUT2D eigenvalue weighted by atomic mass is 35.5. The lowest BCUT2D eigenvalue weighted by molar-refractivity contribution is -0.146. The van der Waals surface area contributed by atoms with E-state index in [2.05, 4.69) is 25.5 Å². The third-order valence-corrected chi connectivity index (χ3v) is 2.05. The molecule has 0 bridgehead atoms. The molecule has 0 fully saturated rings. The zero-order chi connectivity index (χ0) is 10.7. The minimum Gasteiger partial charge on any atom is -0.468 e. The highest BCUT2D eigenvalue weighted by molar-refractivity contribution is 5.85. The molecule has 1 atom stereocenters. The third-order valence-electron chi connectivity index (χ3n) is 2.05. The number of methoxy groups -OCH3 is 1. The summed E-state index contributed by atoms with van der Waals surface area (Å²) in [5, 5.41) is 0. The van der Waals surface area contributed by atoms with Crippen LogP contribution in [0, 0.1) is 5.41 Å². The number of esters is 1. The molecule has 0 aromatic carbocycles. The van der Waals surface area contributed by atoms with Gasteiger partial charge in [0.15, 0.2) is 0 Å². The van der Waals surface area contributed by atoms with Crippen LogP contribution in [-0.4, -0.2) is 18.6 Å². The Kier molecular flexibility index (Phi) is 6.42. The van der Waals surface area contributed by atoms with Gasteiger partial charge in [0.2, 0.25) is 0 Å². The quantitative estimate of drug-likeness (QED) is 0.746. The fourth-order valence-electron chi connectivity index (χ4n) is 0.970. The molecule has 14 heavy (non-hydrogen) atoms. The summed E-state index contributed by atoms with van der Waals surface area (Å²) in [7, 11) is 1.37. The van der Waals surface area contributed by atoms with E-state index in [1.54, 1.807) is 6.92 Å². The molecule has 4 heteroatoms. The fourth-order valence-corrected chi connectivity index (χ4v) is 0.970. The van der Waals surface area contributed by atoms with Crippen LogP contribution in [0.5, 0.6) is 0 Å². The number of nitrogens with two attached hydrogens (primary N) is 1. The first kappa shape index (κ1) is 16.2. The molecule has 0 saturated carbocycles. The molecule has 0 aromatic heterocycles. The highest BCUT2D eigenvalue weighted by Crippen LogP contribution is 2.24. The Labute approximate surface area is 92.8 Å². The summed E-state index contributed by atoms with van der Waals surface area (Å²) in [4.78, 5) is 11.2. The Morgan fingerprint density at radius 2 is 1.64 bits per heavy atom. The van der Waals surface area contributed by atoms with Gasteiger partial charge in [-0.05, 0) is 25.2 Å². The van der Waals surface area contributed by atoms with Crippen molar-refractivity contribution < 1.29 is 9.53 Å². The lowest BCUT2D eigenvalue weighted by Crippen LogP contribution is -2.46. The maximum absolute atomic E-state index is 11.2. The van der Waals surface area contributed by atoms with Crippen molar-refractivity contribution in [3.63, 3.8) is 0 Å². The Bertz CT molecular complexity index is 185. The van der Waals surface area contributed by atoms with E-state index in [1.807, 2.05) is 0 Å². The maximum atomic E-state index is 11.2. The predicted octanol–water partition coefficient (Wildman–Crippen LogP) is 2.12. The zero-order valence-corrected chi connectivity index (χ0v) is 10.5. The molecule has 2 N–H and O–H groups in total. The fraction of sp³-hybridized carbons (Fsp3) is 0.900. The van der Waals surface area contributed by atoms with Gasteiger partial charge in [-0.15, -0.1) is 12.4 Å². The smallest absolute Gasteiger partial charge is 0.325 e. The van der Waals surface area contributed by atoms with Crippen LogP contribution in [0.25, 0.3) is 0 Å². The molecular formula is C10H22ClNO2. The first-order valence-corrected chi connectivity index (χ1v) is 4.56. The van der Waals surface area contributed by atoms with Crippen LogP contribution in [0.1, 0.15) is 40.5 Å². The molecule has 0 aliphatic heterocycles. The van der Waals surface area contributed by atoms with Crippen LogP contribution in [0.4, 0.5) is 0 Å². The molecule has 0 aliphatic carbocycles. The van der Waals surface area contributed by atoms with Gasteiger partial charge in [0.05, 0.1) is 7.11 Å². The third kappa shape index (κ3) is 6.22. The van der Waals surface area contributed by atoms with E-state index in [9.17, 15) is 4.79 Å². The summed E-state index contributed by atoms with van der Waals surface area (Å²) >= 11 is 0. The SMILES string of the molecule is COC(=O)C(C)(N)CCC(C)(C)C.Cl. The Morgan fingerprint density at radius 3 is 1.93 bits per heavy atom. The summed E-state index contributed by atoms with van der Waals surface area (Å²) in [6.45, 7) is 8.09. The van der Waals surface area contributed by atoms with Crippen molar-refractivity contribution in [3.8, 4) is 0 Å². The molecule has 3 nitrogen and oxygen atoms in total. The average molecular weight is 224 g/mol. The van der Waals surface area contributed by atoms with Gasteiger partial charge in [0.1, 0.15) is 5.54 Å². The summed E-state index contributed by atoms with van der Waals surface area (Å²) in [5.41, 5.74) is 5.16. The Hall–Kier alpha value is -0.280. The largest absolute Gasteiger partial charge is 0.468 e. The molecule has 0 saturated heterocycles. The van der Waals surface area contributed by atoms with Gasteiger partial charge in [-0.3, -0.25) is 4.79 Å². The number of halogens is 1. The monoisotopic (exact) mass is 223 g/mol. The van der Waals surface area contributed by atoms with Crippen molar-refractivity contribution in [2.75, 3.05) is 7.11 Å². The minimum absolute atomic E-state index is 0. The van der Waals surface area contributed by atoms with Gasteiger partial charge in [0, 0.05) is 0 Å². The number of carbonyl (C=O) groups is 1. The van der Waals surface area contributed by atoms with Crippen LogP contribution in [-0.2, 0) is 9.53 Å².